The van der Waals surface area contributed by atoms with Crippen LogP contribution in [-0.2, 0) is 9.53 Å². The van der Waals surface area contributed by atoms with E-state index in [9.17, 15) is 9.59 Å². The lowest BCUT2D eigenvalue weighted by Crippen LogP contribution is -2.50. The zero-order chi connectivity index (χ0) is 18.2. The molecule has 1 amide bonds. The lowest BCUT2D eigenvalue weighted by atomic mass is 10.1. The maximum atomic E-state index is 12.4. The minimum atomic E-state index is -0.344. The molecule has 0 saturated carbocycles. The van der Waals surface area contributed by atoms with E-state index in [0.29, 0.717) is 30.9 Å². The number of nitrogens with zero attached hydrogens (tertiary/aromatic N) is 3. The summed E-state index contributed by atoms with van der Waals surface area (Å²) in [6.07, 6.45) is 4.73. The third-order valence-corrected chi connectivity index (χ3v) is 4.26. The predicted octanol–water partition coefficient (Wildman–Crippen LogP) is 1.96. The standard InChI is InChI=1S/C18H24N4O3/c1-12(2)22-16-14(10-19-22)9-13(17(24)20-16)5-6-15(23)21-7-8-25-18(3,4)11-21/h5-6,9-10,12H,7-8,11H2,1-4H3,(H,20,24). The maximum absolute atomic E-state index is 12.4. The Morgan fingerprint density at radius 2 is 2.20 bits per heavy atom. The van der Waals surface area contributed by atoms with Crippen LogP contribution in [-0.4, -0.2) is 50.9 Å². The first-order chi connectivity index (χ1) is 11.8. The number of amides is 1. The monoisotopic (exact) mass is 344 g/mol. The second kappa shape index (κ2) is 6.48. The maximum Gasteiger partial charge on any atom is 0.256 e. The molecule has 0 bridgehead atoms. The number of aromatic amines is 1. The summed E-state index contributed by atoms with van der Waals surface area (Å²) in [5, 5.41) is 5.14. The van der Waals surface area contributed by atoms with Crippen molar-refractivity contribution in [3.8, 4) is 0 Å². The molecule has 1 fully saturated rings. The molecule has 134 valence electrons. The van der Waals surface area contributed by atoms with Gasteiger partial charge in [0.2, 0.25) is 5.91 Å². The molecule has 7 heteroatoms. The summed E-state index contributed by atoms with van der Waals surface area (Å²) in [6, 6.07) is 1.91. The van der Waals surface area contributed by atoms with E-state index < -0.39 is 0 Å². The Morgan fingerprint density at radius 1 is 1.44 bits per heavy atom. The quantitative estimate of drug-likeness (QED) is 0.863. The van der Waals surface area contributed by atoms with Gasteiger partial charge in [0.05, 0.1) is 18.4 Å². The fraction of sp³-hybridized carbons (Fsp3) is 0.500. The predicted molar refractivity (Wildman–Crippen MR) is 96.4 cm³/mol. The van der Waals surface area contributed by atoms with Crippen molar-refractivity contribution >= 4 is 23.0 Å². The van der Waals surface area contributed by atoms with Crippen LogP contribution in [0, 0.1) is 0 Å². The second-order valence-electron chi connectivity index (χ2n) is 7.24. The lowest BCUT2D eigenvalue weighted by molar-refractivity contribution is -0.140. The number of hydrogen-bond acceptors (Lipinski definition) is 4. The van der Waals surface area contributed by atoms with Gasteiger partial charge >= 0.3 is 0 Å². The van der Waals surface area contributed by atoms with Crippen LogP contribution >= 0.6 is 0 Å². The van der Waals surface area contributed by atoms with Gasteiger partial charge in [-0.2, -0.15) is 5.10 Å². The van der Waals surface area contributed by atoms with Crippen LogP contribution in [0.4, 0.5) is 0 Å². The zero-order valence-corrected chi connectivity index (χ0v) is 15.1. The normalized spacial score (nSPS) is 17.7. The van der Waals surface area contributed by atoms with Crippen molar-refractivity contribution in [2.45, 2.75) is 39.3 Å². The van der Waals surface area contributed by atoms with E-state index in [1.807, 2.05) is 27.7 Å². The molecule has 1 saturated heterocycles. The highest BCUT2D eigenvalue weighted by Crippen LogP contribution is 2.18. The Kier molecular flexibility index (Phi) is 4.51. The third kappa shape index (κ3) is 3.66. The molecule has 0 aliphatic carbocycles. The van der Waals surface area contributed by atoms with E-state index >= 15 is 0 Å². The Morgan fingerprint density at radius 3 is 2.88 bits per heavy atom. The number of fused-ring (bicyclic) bond motifs is 1. The van der Waals surface area contributed by atoms with Gasteiger partial charge in [-0.3, -0.25) is 9.59 Å². The molecule has 2 aromatic rings. The van der Waals surface area contributed by atoms with Crippen molar-refractivity contribution in [1.82, 2.24) is 19.7 Å². The zero-order valence-electron chi connectivity index (χ0n) is 15.1. The van der Waals surface area contributed by atoms with E-state index in [4.69, 9.17) is 4.74 Å². The highest BCUT2D eigenvalue weighted by molar-refractivity contribution is 5.92. The van der Waals surface area contributed by atoms with E-state index in [1.54, 1.807) is 27.9 Å². The molecule has 0 unspecified atom stereocenters. The molecule has 2 aromatic heterocycles. The first-order valence-electron chi connectivity index (χ1n) is 8.48. The Bertz CT molecular complexity index is 876. The molecular weight excluding hydrogens is 320 g/mol. The summed E-state index contributed by atoms with van der Waals surface area (Å²) in [4.78, 5) is 29.3. The van der Waals surface area contributed by atoms with Crippen molar-refractivity contribution in [3.05, 3.63) is 34.3 Å². The number of carbonyl (C=O) groups is 1. The largest absolute Gasteiger partial charge is 0.372 e. The number of nitrogens with one attached hydrogen (secondary N) is 1. The number of rotatable bonds is 3. The van der Waals surface area contributed by atoms with E-state index in [0.717, 1.165) is 5.39 Å². The van der Waals surface area contributed by atoms with Crippen molar-refractivity contribution in [2.24, 2.45) is 0 Å². The molecule has 3 rings (SSSR count). The van der Waals surface area contributed by atoms with Gasteiger partial charge < -0.3 is 14.6 Å². The molecule has 3 heterocycles. The lowest BCUT2D eigenvalue weighted by Gasteiger charge is -2.37. The summed E-state index contributed by atoms with van der Waals surface area (Å²) in [5.41, 5.74) is 0.556. The second-order valence-corrected chi connectivity index (χ2v) is 7.24. The van der Waals surface area contributed by atoms with E-state index in [2.05, 4.69) is 10.1 Å². The first kappa shape index (κ1) is 17.4. The first-order valence-corrected chi connectivity index (χ1v) is 8.48. The smallest absolute Gasteiger partial charge is 0.256 e. The van der Waals surface area contributed by atoms with E-state index in [1.165, 1.54) is 6.08 Å². The number of aromatic nitrogens is 3. The van der Waals surface area contributed by atoms with Gasteiger partial charge in [-0.15, -0.1) is 0 Å². The third-order valence-electron chi connectivity index (χ3n) is 4.26. The number of hydrogen-bond donors (Lipinski definition) is 1. The van der Waals surface area contributed by atoms with Gasteiger partial charge in [0.25, 0.3) is 5.56 Å². The minimum absolute atomic E-state index is 0.117. The summed E-state index contributed by atoms with van der Waals surface area (Å²) >= 11 is 0. The average molecular weight is 344 g/mol. The SMILES string of the molecule is CC(C)n1ncc2cc(C=CC(=O)N3CCOC(C)(C)C3)c(=O)[nH]c21. The van der Waals surface area contributed by atoms with Crippen molar-refractivity contribution in [3.63, 3.8) is 0 Å². The van der Waals surface area contributed by atoms with Crippen LogP contribution in [0.3, 0.4) is 0 Å². The number of ether oxygens (including phenoxy) is 1. The van der Waals surface area contributed by atoms with E-state index in [-0.39, 0.29) is 23.1 Å². The fourth-order valence-corrected chi connectivity index (χ4v) is 3.01. The summed E-state index contributed by atoms with van der Waals surface area (Å²) < 4.78 is 7.38. The Hall–Kier alpha value is -2.41. The van der Waals surface area contributed by atoms with Crippen LogP contribution in [0.15, 0.2) is 23.1 Å². The molecule has 1 aliphatic rings. The van der Waals surface area contributed by atoms with Gasteiger partial charge in [0.1, 0.15) is 5.65 Å². The molecule has 0 aromatic carbocycles. The van der Waals surface area contributed by atoms with Crippen LogP contribution in [0.1, 0.15) is 39.3 Å². The van der Waals surface area contributed by atoms with Gasteiger partial charge in [-0.1, -0.05) is 0 Å². The minimum Gasteiger partial charge on any atom is -0.372 e. The molecular formula is C18H24N4O3. The summed E-state index contributed by atoms with van der Waals surface area (Å²) in [6.45, 7) is 9.54. The highest BCUT2D eigenvalue weighted by atomic mass is 16.5. The van der Waals surface area contributed by atoms with Gasteiger partial charge in [0.15, 0.2) is 0 Å². The highest BCUT2D eigenvalue weighted by Gasteiger charge is 2.28. The van der Waals surface area contributed by atoms with Gasteiger partial charge in [-0.25, -0.2) is 4.68 Å². The molecule has 1 N–H and O–H groups in total. The topological polar surface area (TPSA) is 80.2 Å². The molecule has 0 radical (unpaired) electrons. The van der Waals surface area contributed by atoms with Crippen molar-refractivity contribution in [2.75, 3.05) is 19.7 Å². The Balaban J connectivity index is 1.82. The summed E-state index contributed by atoms with van der Waals surface area (Å²) in [5.74, 6) is -0.117. The average Bonchev–Trinajstić information content (AvgIpc) is 2.94. The molecule has 0 atom stereocenters. The van der Waals surface area contributed by atoms with Gasteiger partial charge in [0, 0.05) is 36.2 Å². The van der Waals surface area contributed by atoms with Crippen LogP contribution in [0.25, 0.3) is 17.1 Å². The van der Waals surface area contributed by atoms with Crippen LogP contribution in [0.2, 0.25) is 0 Å². The number of morpholine rings is 1. The molecule has 0 spiro atoms. The van der Waals surface area contributed by atoms with Crippen LogP contribution in [0.5, 0.6) is 0 Å². The van der Waals surface area contributed by atoms with Crippen LogP contribution < -0.4 is 5.56 Å². The fourth-order valence-electron chi connectivity index (χ4n) is 3.01. The number of H-pyrrole nitrogens is 1. The number of carbonyl (C=O) groups excluding carboxylic acids is 1. The van der Waals surface area contributed by atoms with Crippen molar-refractivity contribution in [1.29, 1.82) is 0 Å². The molecule has 1 aliphatic heterocycles. The number of pyridine rings is 1. The molecule has 25 heavy (non-hydrogen) atoms. The Labute approximate surface area is 146 Å². The molecule has 7 nitrogen and oxygen atoms in total. The van der Waals surface area contributed by atoms with Crippen molar-refractivity contribution < 1.29 is 9.53 Å². The summed E-state index contributed by atoms with van der Waals surface area (Å²) in [7, 11) is 0. The van der Waals surface area contributed by atoms with Gasteiger partial charge in [-0.05, 0) is 39.8 Å².